The molecule has 0 aliphatic carbocycles. The molecule has 1 atom stereocenters. The Morgan fingerprint density at radius 1 is 1.33 bits per heavy atom. The van der Waals surface area contributed by atoms with Crippen molar-refractivity contribution in [1.82, 2.24) is 10.6 Å². The fourth-order valence-electron chi connectivity index (χ4n) is 2.72. The van der Waals surface area contributed by atoms with Crippen LogP contribution in [-0.2, 0) is 16.0 Å². The first-order chi connectivity index (χ1) is 14.6. The Kier molecular flexibility index (Phi) is 7.50. The number of carbonyl (C=O) groups is 2. The average molecular weight is 430 g/mol. The van der Waals surface area contributed by atoms with E-state index >= 15 is 0 Å². The van der Waals surface area contributed by atoms with Gasteiger partial charge in [0.25, 0.3) is 0 Å². The third kappa shape index (κ3) is 5.86. The van der Waals surface area contributed by atoms with Gasteiger partial charge in [0.15, 0.2) is 16.7 Å². The van der Waals surface area contributed by atoms with Crippen molar-refractivity contribution in [3.05, 3.63) is 47.9 Å². The van der Waals surface area contributed by atoms with Crippen LogP contribution in [0.4, 0.5) is 0 Å². The molecule has 2 aromatic rings. The van der Waals surface area contributed by atoms with E-state index in [0.717, 1.165) is 17.3 Å². The van der Waals surface area contributed by atoms with Gasteiger partial charge in [-0.25, -0.2) is 0 Å². The van der Waals surface area contributed by atoms with Crippen molar-refractivity contribution >= 4 is 35.0 Å². The lowest BCUT2D eigenvalue weighted by Crippen LogP contribution is -2.44. The highest BCUT2D eigenvalue weighted by Gasteiger charge is 2.30. The zero-order valence-electron chi connectivity index (χ0n) is 16.6. The molecule has 0 bridgehead atoms. The number of amides is 2. The summed E-state index contributed by atoms with van der Waals surface area (Å²) in [4.78, 5) is 24.4. The van der Waals surface area contributed by atoms with E-state index in [9.17, 15) is 9.59 Å². The standard InChI is InChI=1S/C20H22N4O5S/c1-27-15-6-5-13(10-16(15)28-2)7-8-21-19(26)17-11-18(25)23-20(30-17)24-22-12-14-4-3-9-29-14/h3-6,9-10,12,17H,7-8,11H2,1-2H3,(H,21,26)(H,23,24,25)/b22-12-/t17-/m0/s1. The molecular weight excluding hydrogens is 408 g/mol. The molecule has 1 aliphatic heterocycles. The summed E-state index contributed by atoms with van der Waals surface area (Å²) in [5.74, 6) is 1.32. The minimum atomic E-state index is -0.568. The lowest BCUT2D eigenvalue weighted by molar-refractivity contribution is -0.125. The Morgan fingerprint density at radius 3 is 2.90 bits per heavy atom. The van der Waals surface area contributed by atoms with E-state index in [1.54, 1.807) is 26.4 Å². The Hall–Kier alpha value is -3.27. The van der Waals surface area contributed by atoms with Crippen LogP contribution < -0.4 is 20.1 Å². The summed E-state index contributed by atoms with van der Waals surface area (Å²) in [6, 6.07) is 9.07. The van der Waals surface area contributed by atoms with Crippen LogP contribution in [0.1, 0.15) is 17.7 Å². The lowest BCUT2D eigenvalue weighted by atomic mass is 10.1. The molecule has 1 aromatic carbocycles. The van der Waals surface area contributed by atoms with Crippen LogP contribution in [0, 0.1) is 0 Å². The SMILES string of the molecule is COc1ccc(CCNC(=O)[C@@H]2CC(=O)NC(=N/N=C\c3ccco3)S2)cc1OC. The number of thioether (sulfide) groups is 1. The second-order valence-electron chi connectivity index (χ2n) is 6.25. The Morgan fingerprint density at radius 2 is 2.17 bits per heavy atom. The number of carbonyl (C=O) groups excluding carboxylic acids is 2. The fourth-order valence-corrected chi connectivity index (χ4v) is 3.68. The normalized spacial score (nSPS) is 17.7. The van der Waals surface area contributed by atoms with Crippen molar-refractivity contribution in [2.24, 2.45) is 10.2 Å². The first-order valence-electron chi connectivity index (χ1n) is 9.18. The molecule has 30 heavy (non-hydrogen) atoms. The van der Waals surface area contributed by atoms with Crippen LogP contribution in [0.3, 0.4) is 0 Å². The van der Waals surface area contributed by atoms with Crippen LogP contribution in [0.25, 0.3) is 0 Å². The number of hydrogen-bond donors (Lipinski definition) is 2. The molecule has 158 valence electrons. The number of methoxy groups -OCH3 is 2. The Bertz CT molecular complexity index is 943. The van der Waals surface area contributed by atoms with Crippen molar-refractivity contribution in [3.63, 3.8) is 0 Å². The van der Waals surface area contributed by atoms with E-state index in [1.807, 2.05) is 18.2 Å². The van der Waals surface area contributed by atoms with Crippen molar-refractivity contribution in [1.29, 1.82) is 0 Å². The number of nitrogens with zero attached hydrogens (tertiary/aromatic N) is 2. The lowest BCUT2D eigenvalue weighted by Gasteiger charge is -2.21. The van der Waals surface area contributed by atoms with Gasteiger partial charge in [-0.1, -0.05) is 17.8 Å². The smallest absolute Gasteiger partial charge is 0.234 e. The number of amidine groups is 1. The number of furan rings is 1. The van der Waals surface area contributed by atoms with Gasteiger partial charge in [-0.05, 0) is 36.2 Å². The summed E-state index contributed by atoms with van der Waals surface area (Å²) in [7, 11) is 3.15. The number of rotatable bonds is 8. The zero-order chi connectivity index (χ0) is 21.3. The summed E-state index contributed by atoms with van der Waals surface area (Å²) in [6.07, 6.45) is 3.64. The third-order valence-electron chi connectivity index (χ3n) is 4.20. The molecule has 2 heterocycles. The van der Waals surface area contributed by atoms with Crippen molar-refractivity contribution < 1.29 is 23.5 Å². The van der Waals surface area contributed by atoms with E-state index in [4.69, 9.17) is 13.9 Å². The number of ether oxygens (including phenoxy) is 2. The zero-order valence-corrected chi connectivity index (χ0v) is 17.4. The highest BCUT2D eigenvalue weighted by Crippen LogP contribution is 2.27. The summed E-state index contributed by atoms with van der Waals surface area (Å²) >= 11 is 1.16. The van der Waals surface area contributed by atoms with Crippen LogP contribution in [0.5, 0.6) is 11.5 Å². The molecule has 0 saturated carbocycles. The van der Waals surface area contributed by atoms with Crippen LogP contribution in [-0.4, -0.2) is 49.2 Å². The molecule has 1 aromatic heterocycles. The summed E-state index contributed by atoms with van der Waals surface area (Å²) in [5.41, 5.74) is 0.997. The fraction of sp³-hybridized carbons (Fsp3) is 0.300. The summed E-state index contributed by atoms with van der Waals surface area (Å²) in [5, 5.41) is 13.0. The van der Waals surface area contributed by atoms with Gasteiger partial charge in [0.2, 0.25) is 11.8 Å². The van der Waals surface area contributed by atoms with Gasteiger partial charge in [0.05, 0.1) is 31.9 Å². The molecule has 0 radical (unpaired) electrons. The largest absolute Gasteiger partial charge is 0.493 e. The highest BCUT2D eigenvalue weighted by atomic mass is 32.2. The molecule has 3 rings (SSSR count). The van der Waals surface area contributed by atoms with Crippen molar-refractivity contribution in [2.75, 3.05) is 20.8 Å². The Labute approximate surface area is 177 Å². The molecule has 1 fully saturated rings. The monoisotopic (exact) mass is 430 g/mol. The molecule has 0 unspecified atom stereocenters. The third-order valence-corrected chi connectivity index (χ3v) is 5.27. The minimum absolute atomic E-state index is 0.0772. The molecule has 2 N–H and O–H groups in total. The number of benzene rings is 1. The molecule has 10 heteroatoms. The summed E-state index contributed by atoms with van der Waals surface area (Å²) in [6.45, 7) is 0.427. The maximum absolute atomic E-state index is 12.5. The van der Waals surface area contributed by atoms with Crippen molar-refractivity contribution in [3.8, 4) is 11.5 Å². The predicted octanol–water partition coefficient (Wildman–Crippen LogP) is 1.97. The molecule has 9 nitrogen and oxygen atoms in total. The first-order valence-corrected chi connectivity index (χ1v) is 10.1. The second kappa shape index (κ2) is 10.5. The molecule has 1 aliphatic rings. The first kappa shape index (κ1) is 21.4. The maximum atomic E-state index is 12.5. The number of nitrogens with one attached hydrogen (secondary N) is 2. The number of hydrogen-bond acceptors (Lipinski definition) is 8. The van der Waals surface area contributed by atoms with Crippen LogP contribution in [0.15, 0.2) is 51.2 Å². The molecular formula is C20H22N4O5S. The highest BCUT2D eigenvalue weighted by molar-refractivity contribution is 8.15. The summed E-state index contributed by atoms with van der Waals surface area (Å²) < 4.78 is 15.6. The Balaban J connectivity index is 1.52. The van der Waals surface area contributed by atoms with E-state index in [2.05, 4.69) is 20.8 Å². The van der Waals surface area contributed by atoms with Gasteiger partial charge in [-0.2, -0.15) is 5.10 Å². The molecule has 2 amide bonds. The molecule has 1 saturated heterocycles. The maximum Gasteiger partial charge on any atom is 0.234 e. The topological polar surface area (TPSA) is 115 Å². The van der Waals surface area contributed by atoms with Crippen molar-refractivity contribution in [2.45, 2.75) is 18.1 Å². The van der Waals surface area contributed by atoms with Crippen LogP contribution >= 0.6 is 11.8 Å². The van der Waals surface area contributed by atoms with E-state index in [1.165, 1.54) is 12.5 Å². The van der Waals surface area contributed by atoms with E-state index in [0.29, 0.717) is 30.2 Å². The van der Waals surface area contributed by atoms with Gasteiger partial charge in [0, 0.05) is 13.0 Å². The van der Waals surface area contributed by atoms with Crippen LogP contribution in [0.2, 0.25) is 0 Å². The van der Waals surface area contributed by atoms with Gasteiger partial charge in [-0.3, -0.25) is 9.59 Å². The van der Waals surface area contributed by atoms with Gasteiger partial charge in [0.1, 0.15) is 5.76 Å². The van der Waals surface area contributed by atoms with Gasteiger partial charge < -0.3 is 24.5 Å². The van der Waals surface area contributed by atoms with E-state index in [-0.39, 0.29) is 23.4 Å². The average Bonchev–Trinajstić information content (AvgIpc) is 3.26. The van der Waals surface area contributed by atoms with E-state index < -0.39 is 5.25 Å². The van der Waals surface area contributed by atoms with Gasteiger partial charge >= 0.3 is 0 Å². The quantitative estimate of drug-likeness (QED) is 0.489. The molecule has 0 spiro atoms. The van der Waals surface area contributed by atoms with Gasteiger partial charge in [-0.15, -0.1) is 5.10 Å². The minimum Gasteiger partial charge on any atom is -0.493 e. The predicted molar refractivity (Wildman–Crippen MR) is 114 cm³/mol. The second-order valence-corrected chi connectivity index (χ2v) is 7.45.